The number of carboxylic acid groups (broad SMARTS) is 2. The molecule has 0 aliphatic rings. The predicted molar refractivity (Wildman–Crippen MR) is 124 cm³/mol. The molecular formula is C26H22N2O5. The van der Waals surface area contributed by atoms with Gasteiger partial charge in [0.1, 0.15) is 11.2 Å². The Morgan fingerprint density at radius 2 is 1.48 bits per heavy atom. The minimum atomic E-state index is -1.81. The summed E-state index contributed by atoms with van der Waals surface area (Å²) in [5.41, 5.74) is -0.474. The van der Waals surface area contributed by atoms with Crippen LogP contribution in [-0.2, 0) is 16.0 Å². The van der Waals surface area contributed by atoms with Crippen LogP contribution in [0.5, 0.6) is 0 Å². The molecule has 7 heteroatoms. The van der Waals surface area contributed by atoms with Gasteiger partial charge in [0.25, 0.3) is 5.91 Å². The van der Waals surface area contributed by atoms with Crippen molar-refractivity contribution in [1.82, 2.24) is 10.3 Å². The van der Waals surface area contributed by atoms with Crippen LogP contribution < -0.4 is 5.32 Å². The first kappa shape index (κ1) is 22.0. The Labute approximate surface area is 189 Å². The summed E-state index contributed by atoms with van der Waals surface area (Å²) in [6.07, 6.45) is -0.755. The van der Waals surface area contributed by atoms with Gasteiger partial charge in [-0.25, -0.2) is 9.78 Å². The number of carboxylic acids is 2. The average Bonchev–Trinajstić information content (AvgIpc) is 2.82. The fraction of sp³-hybridized carbons (Fsp3) is 0.154. The van der Waals surface area contributed by atoms with Gasteiger partial charge in [-0.2, -0.15) is 0 Å². The third kappa shape index (κ3) is 4.82. The first-order valence-corrected chi connectivity index (χ1v) is 10.5. The molecule has 0 aliphatic carbocycles. The van der Waals surface area contributed by atoms with Crippen LogP contribution in [0, 0.1) is 0 Å². The molecule has 1 aromatic heterocycles. The van der Waals surface area contributed by atoms with Crippen molar-refractivity contribution >= 4 is 39.5 Å². The molecule has 4 rings (SSSR count). The first-order valence-electron chi connectivity index (χ1n) is 10.5. The molecule has 1 atom stereocenters. The summed E-state index contributed by atoms with van der Waals surface area (Å²) in [6.45, 7) is 0. The summed E-state index contributed by atoms with van der Waals surface area (Å²) >= 11 is 0. The molecule has 3 aromatic carbocycles. The number of aromatic nitrogens is 1. The third-order valence-corrected chi connectivity index (χ3v) is 5.68. The minimum absolute atomic E-state index is 0.0631. The van der Waals surface area contributed by atoms with Crippen molar-refractivity contribution in [1.29, 1.82) is 0 Å². The quantitative estimate of drug-likeness (QED) is 0.379. The van der Waals surface area contributed by atoms with E-state index < -0.39 is 29.8 Å². The maximum atomic E-state index is 13.1. The summed E-state index contributed by atoms with van der Waals surface area (Å²) in [5, 5.41) is 24.7. The molecule has 0 aliphatic heterocycles. The van der Waals surface area contributed by atoms with Gasteiger partial charge in [-0.3, -0.25) is 9.59 Å². The SMILES string of the molecule is O=C(O)CCC(Cc1ccc2ccccc2c1)(NC(=O)c1ccc2ccccc2n1)C(=O)O. The van der Waals surface area contributed by atoms with E-state index in [0.29, 0.717) is 11.1 Å². The summed E-state index contributed by atoms with van der Waals surface area (Å²) in [6, 6.07) is 23.7. The predicted octanol–water partition coefficient (Wildman–Crippen LogP) is 4.05. The van der Waals surface area contributed by atoms with Crippen LogP contribution in [0.2, 0.25) is 0 Å². The molecule has 166 valence electrons. The van der Waals surface area contributed by atoms with Gasteiger partial charge in [0, 0.05) is 18.2 Å². The Balaban J connectivity index is 1.69. The number of amides is 1. The highest BCUT2D eigenvalue weighted by molar-refractivity contribution is 5.98. The maximum absolute atomic E-state index is 13.1. The number of pyridine rings is 1. The van der Waals surface area contributed by atoms with Crippen LogP contribution in [0.15, 0.2) is 78.9 Å². The molecule has 0 spiro atoms. The molecule has 7 nitrogen and oxygen atoms in total. The fourth-order valence-corrected chi connectivity index (χ4v) is 3.92. The molecule has 4 aromatic rings. The van der Waals surface area contributed by atoms with Crippen molar-refractivity contribution in [3.63, 3.8) is 0 Å². The van der Waals surface area contributed by atoms with Crippen LogP contribution in [0.25, 0.3) is 21.7 Å². The molecule has 0 saturated heterocycles. The Hall–Kier alpha value is -4.26. The molecule has 0 radical (unpaired) electrons. The van der Waals surface area contributed by atoms with E-state index in [1.807, 2.05) is 48.5 Å². The Kier molecular flexibility index (Phi) is 6.04. The second kappa shape index (κ2) is 9.08. The maximum Gasteiger partial charge on any atom is 0.329 e. The van der Waals surface area contributed by atoms with E-state index in [9.17, 15) is 24.6 Å². The number of carbonyl (C=O) groups excluding carboxylic acids is 1. The zero-order chi connectivity index (χ0) is 23.4. The van der Waals surface area contributed by atoms with E-state index in [-0.39, 0.29) is 18.5 Å². The van der Waals surface area contributed by atoms with Gasteiger partial charge >= 0.3 is 11.9 Å². The number of benzene rings is 3. The van der Waals surface area contributed by atoms with Gasteiger partial charge in [-0.1, -0.05) is 66.7 Å². The van der Waals surface area contributed by atoms with E-state index >= 15 is 0 Å². The van der Waals surface area contributed by atoms with Crippen molar-refractivity contribution in [3.8, 4) is 0 Å². The summed E-state index contributed by atoms with van der Waals surface area (Å²) in [4.78, 5) is 41.1. The van der Waals surface area contributed by atoms with Crippen LogP contribution in [-0.4, -0.2) is 38.6 Å². The molecular weight excluding hydrogens is 420 g/mol. The number of nitrogens with one attached hydrogen (secondary N) is 1. The lowest BCUT2D eigenvalue weighted by Crippen LogP contribution is -2.56. The van der Waals surface area contributed by atoms with Crippen LogP contribution in [0.3, 0.4) is 0 Å². The molecule has 3 N–H and O–H groups in total. The zero-order valence-electron chi connectivity index (χ0n) is 17.7. The van der Waals surface area contributed by atoms with Crippen LogP contribution in [0.1, 0.15) is 28.9 Å². The van der Waals surface area contributed by atoms with Gasteiger partial charge < -0.3 is 15.5 Å². The largest absolute Gasteiger partial charge is 0.481 e. The normalized spacial score (nSPS) is 12.8. The Morgan fingerprint density at radius 1 is 0.818 bits per heavy atom. The van der Waals surface area contributed by atoms with Crippen molar-refractivity contribution < 1.29 is 24.6 Å². The van der Waals surface area contributed by atoms with Gasteiger partial charge in [-0.05, 0) is 34.9 Å². The smallest absolute Gasteiger partial charge is 0.329 e. The number of carbonyl (C=O) groups is 3. The van der Waals surface area contributed by atoms with Crippen molar-refractivity contribution in [2.45, 2.75) is 24.8 Å². The molecule has 1 unspecified atom stereocenters. The lowest BCUT2D eigenvalue weighted by atomic mass is 9.85. The third-order valence-electron chi connectivity index (χ3n) is 5.68. The van der Waals surface area contributed by atoms with Crippen molar-refractivity contribution in [2.24, 2.45) is 0 Å². The number of hydrogen-bond acceptors (Lipinski definition) is 4. The monoisotopic (exact) mass is 442 g/mol. The first-order chi connectivity index (χ1) is 15.9. The van der Waals surface area contributed by atoms with Crippen LogP contribution in [0.4, 0.5) is 0 Å². The highest BCUT2D eigenvalue weighted by Crippen LogP contribution is 2.24. The molecule has 1 amide bonds. The Bertz CT molecular complexity index is 1370. The minimum Gasteiger partial charge on any atom is -0.481 e. The van der Waals surface area contributed by atoms with Gasteiger partial charge in [0.2, 0.25) is 0 Å². The molecule has 33 heavy (non-hydrogen) atoms. The standard InChI is InChI=1S/C26H22N2O5/c29-23(30)13-14-26(25(32)33,16-17-9-10-18-5-1-2-7-20(18)15-17)28-24(31)22-12-11-19-6-3-4-8-21(19)27-22/h1-12,15H,13-14,16H2,(H,28,31)(H,29,30)(H,32,33). The van der Waals surface area contributed by atoms with E-state index in [2.05, 4.69) is 10.3 Å². The van der Waals surface area contributed by atoms with Gasteiger partial charge in [0.05, 0.1) is 5.52 Å². The number of rotatable bonds is 8. The molecule has 1 heterocycles. The highest BCUT2D eigenvalue weighted by atomic mass is 16.4. The van der Waals surface area contributed by atoms with E-state index in [1.54, 1.807) is 24.3 Å². The van der Waals surface area contributed by atoms with Gasteiger partial charge in [0.15, 0.2) is 0 Å². The second-order valence-corrected chi connectivity index (χ2v) is 7.98. The zero-order valence-corrected chi connectivity index (χ0v) is 17.7. The number of nitrogens with zero attached hydrogens (tertiary/aromatic N) is 1. The number of aliphatic carboxylic acids is 2. The second-order valence-electron chi connectivity index (χ2n) is 7.98. The van der Waals surface area contributed by atoms with Crippen molar-refractivity contribution in [3.05, 3.63) is 90.1 Å². The average molecular weight is 442 g/mol. The lowest BCUT2D eigenvalue weighted by molar-refractivity contribution is -0.145. The number of hydrogen-bond donors (Lipinski definition) is 3. The lowest BCUT2D eigenvalue weighted by Gasteiger charge is -2.30. The fourth-order valence-electron chi connectivity index (χ4n) is 3.92. The molecule has 0 fully saturated rings. The van der Waals surface area contributed by atoms with E-state index in [0.717, 1.165) is 16.2 Å². The topological polar surface area (TPSA) is 117 Å². The Morgan fingerprint density at radius 3 is 2.21 bits per heavy atom. The number of para-hydroxylation sites is 1. The summed E-state index contributed by atoms with van der Waals surface area (Å²) in [5.74, 6) is -3.11. The van der Waals surface area contributed by atoms with E-state index in [4.69, 9.17) is 0 Å². The van der Waals surface area contributed by atoms with Gasteiger partial charge in [-0.15, -0.1) is 0 Å². The number of fused-ring (bicyclic) bond motifs is 2. The highest BCUT2D eigenvalue weighted by Gasteiger charge is 2.41. The molecule has 0 bridgehead atoms. The summed E-state index contributed by atoms with van der Waals surface area (Å²) < 4.78 is 0. The van der Waals surface area contributed by atoms with Crippen LogP contribution >= 0.6 is 0 Å². The molecule has 0 saturated carbocycles. The van der Waals surface area contributed by atoms with Crippen molar-refractivity contribution in [2.75, 3.05) is 0 Å². The summed E-state index contributed by atoms with van der Waals surface area (Å²) in [7, 11) is 0. The van der Waals surface area contributed by atoms with E-state index in [1.165, 1.54) is 6.07 Å².